The van der Waals surface area contributed by atoms with Crippen molar-refractivity contribution in [1.29, 1.82) is 0 Å². The number of rotatable bonds is 3. The van der Waals surface area contributed by atoms with Crippen LogP contribution in [0.1, 0.15) is 11.1 Å². The van der Waals surface area contributed by atoms with Gasteiger partial charge in [0.05, 0.1) is 12.1 Å². The van der Waals surface area contributed by atoms with Gasteiger partial charge in [-0.3, -0.25) is 14.5 Å². The lowest BCUT2D eigenvalue weighted by atomic mass is 10.1. The van der Waals surface area contributed by atoms with Crippen LogP contribution in [0, 0.1) is 18.6 Å². The van der Waals surface area contributed by atoms with E-state index < -0.39 is 11.6 Å². The molecule has 1 N–H and O–H groups in total. The normalized spacial score (nSPS) is 11.2. The number of aromatic nitrogens is 4. The predicted molar refractivity (Wildman–Crippen MR) is 93.8 cm³/mol. The summed E-state index contributed by atoms with van der Waals surface area (Å²) in [6, 6.07) is 7.52. The number of nitrogens with one attached hydrogen (secondary N) is 1. The van der Waals surface area contributed by atoms with Crippen molar-refractivity contribution in [3.05, 3.63) is 82.2 Å². The maximum atomic E-state index is 14.1. The Bertz CT molecular complexity index is 1180. The molecule has 7 heteroatoms. The molecule has 0 amide bonds. The Labute approximate surface area is 147 Å². The second-order valence-corrected chi connectivity index (χ2v) is 6.08. The first-order valence-electron chi connectivity index (χ1n) is 7.96. The third kappa shape index (κ3) is 2.77. The van der Waals surface area contributed by atoms with E-state index in [1.807, 2.05) is 13.0 Å². The van der Waals surface area contributed by atoms with Gasteiger partial charge in [-0.05, 0) is 30.2 Å². The summed E-state index contributed by atoms with van der Waals surface area (Å²) in [4.78, 5) is 23.3. The molecular weight excluding hydrogens is 338 g/mol. The highest BCUT2D eigenvalue weighted by molar-refractivity contribution is 5.78. The van der Waals surface area contributed by atoms with E-state index in [1.54, 1.807) is 18.5 Å². The lowest BCUT2D eigenvalue weighted by molar-refractivity contribution is 0.511. The highest BCUT2D eigenvalue weighted by atomic mass is 19.2. The van der Waals surface area contributed by atoms with Crippen LogP contribution in [-0.2, 0) is 6.54 Å². The standard InChI is InChI=1S/C19H14F2N4O/c1-11-5-12(8-22-7-11)10-25-16-6-13(9-23-18(16)24-19(25)26)14-3-2-4-15(20)17(14)21/h2-9H,10H2,1H3,(H,23,24,26). The second kappa shape index (κ2) is 6.18. The quantitative estimate of drug-likeness (QED) is 0.614. The Balaban J connectivity index is 1.85. The van der Waals surface area contributed by atoms with Crippen LogP contribution in [0.5, 0.6) is 0 Å². The lowest BCUT2D eigenvalue weighted by Gasteiger charge is -2.07. The van der Waals surface area contributed by atoms with Gasteiger partial charge in [0.15, 0.2) is 17.3 Å². The predicted octanol–water partition coefficient (Wildman–Crippen LogP) is 3.42. The van der Waals surface area contributed by atoms with Gasteiger partial charge in [0.1, 0.15) is 0 Å². The molecule has 0 fully saturated rings. The fourth-order valence-corrected chi connectivity index (χ4v) is 2.95. The Kier molecular flexibility index (Phi) is 3.84. The summed E-state index contributed by atoms with van der Waals surface area (Å²) in [7, 11) is 0. The fourth-order valence-electron chi connectivity index (χ4n) is 2.95. The van der Waals surface area contributed by atoms with Crippen molar-refractivity contribution in [2.75, 3.05) is 0 Å². The number of nitrogens with zero attached hydrogens (tertiary/aromatic N) is 3. The molecule has 0 saturated heterocycles. The zero-order valence-corrected chi connectivity index (χ0v) is 13.8. The first kappa shape index (κ1) is 16.1. The van der Waals surface area contributed by atoms with Gasteiger partial charge >= 0.3 is 5.69 Å². The molecule has 4 aromatic rings. The Morgan fingerprint density at radius 2 is 2.00 bits per heavy atom. The van der Waals surface area contributed by atoms with E-state index in [9.17, 15) is 13.6 Å². The number of H-pyrrole nitrogens is 1. The number of fused-ring (bicyclic) bond motifs is 1. The number of halogens is 2. The molecule has 5 nitrogen and oxygen atoms in total. The molecule has 0 saturated carbocycles. The molecule has 0 unspecified atom stereocenters. The highest BCUT2D eigenvalue weighted by Gasteiger charge is 2.14. The van der Waals surface area contributed by atoms with Gasteiger partial charge in [-0.1, -0.05) is 18.2 Å². The molecular formula is C19H14F2N4O. The van der Waals surface area contributed by atoms with E-state index in [4.69, 9.17) is 0 Å². The summed E-state index contributed by atoms with van der Waals surface area (Å²) in [6.45, 7) is 2.21. The zero-order chi connectivity index (χ0) is 18.3. The first-order chi connectivity index (χ1) is 12.5. The number of pyridine rings is 2. The van der Waals surface area contributed by atoms with Gasteiger partial charge in [-0.15, -0.1) is 0 Å². The topological polar surface area (TPSA) is 63.6 Å². The van der Waals surface area contributed by atoms with Crippen LogP contribution in [-0.4, -0.2) is 19.5 Å². The van der Waals surface area contributed by atoms with Crippen LogP contribution >= 0.6 is 0 Å². The van der Waals surface area contributed by atoms with Gasteiger partial charge in [-0.2, -0.15) is 0 Å². The summed E-state index contributed by atoms with van der Waals surface area (Å²) in [5, 5.41) is 0. The SMILES string of the molecule is Cc1cncc(Cn2c(=O)[nH]c3ncc(-c4cccc(F)c4F)cc32)c1. The van der Waals surface area contributed by atoms with Gasteiger partial charge in [0.25, 0.3) is 0 Å². The van der Waals surface area contributed by atoms with E-state index in [2.05, 4.69) is 15.0 Å². The summed E-state index contributed by atoms with van der Waals surface area (Å²) < 4.78 is 29.1. The third-order valence-corrected chi connectivity index (χ3v) is 4.16. The van der Waals surface area contributed by atoms with Crippen molar-refractivity contribution >= 4 is 11.2 Å². The van der Waals surface area contributed by atoms with Gasteiger partial charge in [0, 0.05) is 29.7 Å². The monoisotopic (exact) mass is 352 g/mol. The van der Waals surface area contributed by atoms with Crippen molar-refractivity contribution in [3.8, 4) is 11.1 Å². The maximum absolute atomic E-state index is 14.1. The van der Waals surface area contributed by atoms with Crippen LogP contribution in [0.4, 0.5) is 8.78 Å². The molecule has 3 heterocycles. The van der Waals surface area contributed by atoms with Crippen LogP contribution in [0.15, 0.2) is 53.7 Å². The van der Waals surface area contributed by atoms with Crippen molar-refractivity contribution < 1.29 is 8.78 Å². The van der Waals surface area contributed by atoms with Gasteiger partial charge in [-0.25, -0.2) is 18.6 Å². The molecule has 0 radical (unpaired) electrons. The Morgan fingerprint density at radius 3 is 2.81 bits per heavy atom. The summed E-state index contributed by atoms with van der Waals surface area (Å²) in [6.07, 6.45) is 4.82. The van der Waals surface area contributed by atoms with Crippen LogP contribution < -0.4 is 5.69 Å². The second-order valence-electron chi connectivity index (χ2n) is 6.08. The van der Waals surface area contributed by atoms with Gasteiger partial charge in [0.2, 0.25) is 0 Å². The molecule has 0 bridgehead atoms. The number of imidazole rings is 1. The molecule has 130 valence electrons. The first-order valence-corrected chi connectivity index (χ1v) is 7.96. The number of hydrogen-bond acceptors (Lipinski definition) is 3. The average Bonchev–Trinajstić information content (AvgIpc) is 2.92. The molecule has 3 aromatic heterocycles. The molecule has 26 heavy (non-hydrogen) atoms. The number of aryl methyl sites for hydroxylation is 1. The fraction of sp³-hybridized carbons (Fsp3) is 0.105. The van der Waals surface area contributed by atoms with Crippen LogP contribution in [0.3, 0.4) is 0 Å². The summed E-state index contributed by atoms with van der Waals surface area (Å²) >= 11 is 0. The molecule has 4 rings (SSSR count). The molecule has 0 spiro atoms. The van der Waals surface area contributed by atoms with Crippen molar-refractivity contribution in [2.45, 2.75) is 13.5 Å². The van der Waals surface area contributed by atoms with E-state index in [0.717, 1.165) is 17.2 Å². The number of benzene rings is 1. The molecule has 0 aliphatic carbocycles. The lowest BCUT2D eigenvalue weighted by Crippen LogP contribution is -2.17. The molecule has 0 atom stereocenters. The largest absolute Gasteiger partial charge is 0.327 e. The highest BCUT2D eigenvalue weighted by Crippen LogP contribution is 2.26. The molecule has 1 aromatic carbocycles. The van der Waals surface area contributed by atoms with Crippen molar-refractivity contribution in [1.82, 2.24) is 19.5 Å². The van der Waals surface area contributed by atoms with Gasteiger partial charge < -0.3 is 0 Å². The summed E-state index contributed by atoms with van der Waals surface area (Å²) in [5.74, 6) is -1.87. The van der Waals surface area contributed by atoms with Crippen LogP contribution in [0.2, 0.25) is 0 Å². The van der Waals surface area contributed by atoms with E-state index in [0.29, 0.717) is 23.3 Å². The smallest absolute Gasteiger partial charge is 0.290 e. The third-order valence-electron chi connectivity index (χ3n) is 4.16. The molecule has 0 aliphatic rings. The van der Waals surface area contributed by atoms with E-state index in [-0.39, 0.29) is 11.3 Å². The zero-order valence-electron chi connectivity index (χ0n) is 13.8. The minimum Gasteiger partial charge on any atom is -0.290 e. The average molecular weight is 352 g/mol. The number of hydrogen-bond donors (Lipinski definition) is 1. The molecule has 0 aliphatic heterocycles. The maximum Gasteiger partial charge on any atom is 0.327 e. The van der Waals surface area contributed by atoms with Crippen molar-refractivity contribution in [3.63, 3.8) is 0 Å². The van der Waals surface area contributed by atoms with E-state index >= 15 is 0 Å². The van der Waals surface area contributed by atoms with E-state index in [1.165, 1.54) is 22.9 Å². The summed E-state index contributed by atoms with van der Waals surface area (Å²) in [5.41, 5.74) is 2.90. The minimum absolute atomic E-state index is 0.0943. The Hall–Kier alpha value is -3.35. The number of aromatic amines is 1. The Morgan fingerprint density at radius 1 is 1.15 bits per heavy atom. The minimum atomic E-state index is -0.944. The van der Waals surface area contributed by atoms with Crippen LogP contribution in [0.25, 0.3) is 22.3 Å². The van der Waals surface area contributed by atoms with Crippen molar-refractivity contribution in [2.24, 2.45) is 0 Å².